The zero-order valence-electron chi connectivity index (χ0n) is 9.80. The molecule has 1 rings (SSSR count). The average Bonchev–Trinajstić information content (AvgIpc) is 2.14. The number of hydrogen-bond acceptors (Lipinski definition) is 2. The van der Waals surface area contributed by atoms with Crippen LogP contribution in [0.4, 0.5) is 4.39 Å². The molecule has 0 bridgehead atoms. The van der Waals surface area contributed by atoms with E-state index < -0.39 is 0 Å². The highest BCUT2D eigenvalue weighted by Crippen LogP contribution is 2.20. The van der Waals surface area contributed by atoms with Crippen LogP contribution in [0.5, 0.6) is 5.75 Å². The summed E-state index contributed by atoms with van der Waals surface area (Å²) in [5, 5.41) is 2.75. The summed E-state index contributed by atoms with van der Waals surface area (Å²) in [5.74, 6) is -0.0364. The molecule has 0 aliphatic carbocycles. The lowest BCUT2D eigenvalue weighted by atomic mass is 10.3. The van der Waals surface area contributed by atoms with Crippen molar-refractivity contribution in [3.63, 3.8) is 0 Å². The average molecular weight is 304 g/mol. The lowest BCUT2D eigenvalue weighted by molar-refractivity contribution is -0.122. The van der Waals surface area contributed by atoms with Crippen molar-refractivity contribution < 1.29 is 13.9 Å². The molecule has 1 amide bonds. The fourth-order valence-electron chi connectivity index (χ4n) is 1.27. The summed E-state index contributed by atoms with van der Waals surface area (Å²) >= 11 is 3.17. The minimum Gasteiger partial charge on any atom is -0.493 e. The first-order valence-corrected chi connectivity index (χ1v) is 6.15. The Labute approximate surface area is 108 Å². The molecular formula is C12H15BrFNO2. The molecule has 1 N–H and O–H groups in total. The summed E-state index contributed by atoms with van der Waals surface area (Å²) in [4.78, 5) is 11.3. The van der Waals surface area contributed by atoms with Gasteiger partial charge in [0.2, 0.25) is 5.91 Å². The van der Waals surface area contributed by atoms with E-state index in [0.717, 1.165) is 0 Å². The monoisotopic (exact) mass is 303 g/mol. The zero-order chi connectivity index (χ0) is 12.8. The van der Waals surface area contributed by atoms with Crippen LogP contribution in [0, 0.1) is 5.82 Å². The van der Waals surface area contributed by atoms with Crippen LogP contribution in [0.25, 0.3) is 0 Å². The Balaban J connectivity index is 2.38. The molecule has 0 radical (unpaired) electrons. The van der Waals surface area contributed by atoms with Crippen LogP contribution in [-0.2, 0) is 4.79 Å². The summed E-state index contributed by atoms with van der Waals surface area (Å²) in [6, 6.07) is 4.40. The molecule has 0 unspecified atom stereocenters. The summed E-state index contributed by atoms with van der Waals surface area (Å²) < 4.78 is 18.9. The molecule has 0 aliphatic heterocycles. The second-order valence-electron chi connectivity index (χ2n) is 3.93. The standard InChI is InChI=1S/C12H15BrFNO2/c1-8(2)15-12(16)3-4-17-11-6-9(13)5-10(14)7-11/h5-8H,3-4H2,1-2H3,(H,15,16). The number of benzene rings is 1. The van der Waals surface area contributed by atoms with Crippen LogP contribution < -0.4 is 10.1 Å². The summed E-state index contributed by atoms with van der Waals surface area (Å²) in [7, 11) is 0. The van der Waals surface area contributed by atoms with Gasteiger partial charge >= 0.3 is 0 Å². The van der Waals surface area contributed by atoms with Crippen molar-refractivity contribution in [2.24, 2.45) is 0 Å². The highest BCUT2D eigenvalue weighted by atomic mass is 79.9. The number of carbonyl (C=O) groups is 1. The van der Waals surface area contributed by atoms with Crippen LogP contribution in [0.1, 0.15) is 20.3 Å². The Morgan fingerprint density at radius 2 is 2.18 bits per heavy atom. The van der Waals surface area contributed by atoms with Crippen molar-refractivity contribution in [2.75, 3.05) is 6.61 Å². The van der Waals surface area contributed by atoms with E-state index in [4.69, 9.17) is 4.74 Å². The van der Waals surface area contributed by atoms with Gasteiger partial charge in [-0.05, 0) is 26.0 Å². The molecule has 0 saturated heterocycles. The number of hydrogen-bond donors (Lipinski definition) is 1. The summed E-state index contributed by atoms with van der Waals surface area (Å²) in [6.07, 6.45) is 0.256. The first-order chi connectivity index (χ1) is 7.97. The third kappa shape index (κ3) is 5.68. The number of rotatable bonds is 5. The highest BCUT2D eigenvalue weighted by molar-refractivity contribution is 9.10. The van der Waals surface area contributed by atoms with Crippen molar-refractivity contribution >= 4 is 21.8 Å². The van der Waals surface area contributed by atoms with Crippen LogP contribution in [0.15, 0.2) is 22.7 Å². The minimum absolute atomic E-state index is 0.0736. The number of carbonyl (C=O) groups excluding carboxylic acids is 1. The maximum Gasteiger partial charge on any atom is 0.223 e. The normalized spacial score (nSPS) is 10.4. The molecule has 1 aromatic carbocycles. The predicted molar refractivity (Wildman–Crippen MR) is 67.5 cm³/mol. The van der Waals surface area contributed by atoms with Gasteiger partial charge in [-0.1, -0.05) is 15.9 Å². The molecule has 1 aromatic rings. The molecule has 17 heavy (non-hydrogen) atoms. The maximum atomic E-state index is 13.0. The van der Waals surface area contributed by atoms with Crippen molar-refractivity contribution in [3.8, 4) is 5.75 Å². The summed E-state index contributed by atoms with van der Waals surface area (Å²) in [5.41, 5.74) is 0. The first kappa shape index (κ1) is 14.0. The van der Waals surface area contributed by atoms with E-state index in [1.807, 2.05) is 13.8 Å². The van der Waals surface area contributed by atoms with Gasteiger partial charge in [-0.2, -0.15) is 0 Å². The van der Waals surface area contributed by atoms with Crippen molar-refractivity contribution in [2.45, 2.75) is 26.3 Å². The molecule has 0 spiro atoms. The molecular weight excluding hydrogens is 289 g/mol. The fraction of sp³-hybridized carbons (Fsp3) is 0.417. The van der Waals surface area contributed by atoms with Gasteiger partial charge in [-0.3, -0.25) is 4.79 Å². The Morgan fingerprint density at radius 3 is 2.76 bits per heavy atom. The maximum absolute atomic E-state index is 13.0. The molecule has 94 valence electrons. The lowest BCUT2D eigenvalue weighted by Crippen LogP contribution is -2.31. The largest absolute Gasteiger partial charge is 0.493 e. The smallest absolute Gasteiger partial charge is 0.223 e. The van der Waals surface area contributed by atoms with Crippen molar-refractivity contribution in [3.05, 3.63) is 28.5 Å². The van der Waals surface area contributed by atoms with Gasteiger partial charge in [-0.15, -0.1) is 0 Å². The molecule has 5 heteroatoms. The van der Waals surface area contributed by atoms with Crippen molar-refractivity contribution in [1.82, 2.24) is 5.32 Å². The van der Waals surface area contributed by atoms with E-state index >= 15 is 0 Å². The highest BCUT2D eigenvalue weighted by Gasteiger charge is 2.04. The molecule has 3 nitrogen and oxygen atoms in total. The molecule has 0 saturated carbocycles. The first-order valence-electron chi connectivity index (χ1n) is 5.35. The third-order valence-electron chi connectivity index (χ3n) is 1.88. The van der Waals surface area contributed by atoms with E-state index in [2.05, 4.69) is 21.2 Å². The minimum atomic E-state index is -0.374. The quantitative estimate of drug-likeness (QED) is 0.908. The Bertz CT molecular complexity index is 376. The van der Waals surface area contributed by atoms with Gasteiger partial charge < -0.3 is 10.1 Å². The van der Waals surface area contributed by atoms with Gasteiger partial charge in [-0.25, -0.2) is 4.39 Å². The number of halogens is 2. The van der Waals surface area contributed by atoms with E-state index in [1.54, 1.807) is 6.07 Å². The van der Waals surface area contributed by atoms with E-state index in [-0.39, 0.29) is 30.8 Å². The van der Waals surface area contributed by atoms with E-state index in [0.29, 0.717) is 10.2 Å². The zero-order valence-corrected chi connectivity index (χ0v) is 11.4. The molecule has 0 aromatic heterocycles. The number of ether oxygens (including phenoxy) is 1. The Kier molecular flexibility index (Phi) is 5.41. The lowest BCUT2D eigenvalue weighted by Gasteiger charge is -2.09. The third-order valence-corrected chi connectivity index (χ3v) is 2.34. The van der Waals surface area contributed by atoms with Gasteiger partial charge in [0.25, 0.3) is 0 Å². The fourth-order valence-corrected chi connectivity index (χ4v) is 1.71. The molecule has 0 aliphatic rings. The van der Waals surface area contributed by atoms with E-state index in [1.165, 1.54) is 12.1 Å². The van der Waals surface area contributed by atoms with Crippen molar-refractivity contribution in [1.29, 1.82) is 0 Å². The van der Waals surface area contributed by atoms with Crippen LogP contribution in [0.2, 0.25) is 0 Å². The van der Waals surface area contributed by atoms with Crippen LogP contribution in [-0.4, -0.2) is 18.6 Å². The number of nitrogens with one attached hydrogen (secondary N) is 1. The Morgan fingerprint density at radius 1 is 1.47 bits per heavy atom. The SMILES string of the molecule is CC(C)NC(=O)CCOc1cc(F)cc(Br)c1. The number of amides is 1. The second-order valence-corrected chi connectivity index (χ2v) is 4.84. The van der Waals surface area contributed by atoms with Gasteiger partial charge in [0.05, 0.1) is 13.0 Å². The summed E-state index contributed by atoms with van der Waals surface area (Å²) in [6.45, 7) is 4.01. The second kappa shape index (κ2) is 6.59. The van der Waals surface area contributed by atoms with Gasteiger partial charge in [0.1, 0.15) is 11.6 Å². The topological polar surface area (TPSA) is 38.3 Å². The van der Waals surface area contributed by atoms with Gasteiger partial charge in [0.15, 0.2) is 0 Å². The van der Waals surface area contributed by atoms with Crippen LogP contribution in [0.3, 0.4) is 0 Å². The predicted octanol–water partition coefficient (Wildman–Crippen LogP) is 2.88. The Hall–Kier alpha value is -1.10. The van der Waals surface area contributed by atoms with E-state index in [9.17, 15) is 9.18 Å². The molecule has 0 fully saturated rings. The van der Waals surface area contributed by atoms with Crippen LogP contribution >= 0.6 is 15.9 Å². The molecule has 0 heterocycles. The van der Waals surface area contributed by atoms with Gasteiger partial charge in [0, 0.05) is 16.6 Å². The molecule has 0 atom stereocenters.